The summed E-state index contributed by atoms with van der Waals surface area (Å²) in [7, 11) is 0. The van der Waals surface area contributed by atoms with E-state index in [4.69, 9.17) is 51.1 Å². The van der Waals surface area contributed by atoms with E-state index in [1.165, 1.54) is 39.0 Å². The summed E-state index contributed by atoms with van der Waals surface area (Å²) in [5.41, 5.74) is -2.99. The quantitative estimate of drug-likeness (QED) is 0.205. The molecule has 0 aliphatic heterocycles. The van der Waals surface area contributed by atoms with Gasteiger partial charge in [0.15, 0.2) is 11.6 Å². The molecule has 1 aliphatic rings. The second-order valence-electron chi connectivity index (χ2n) is 13.6. The second-order valence-corrected chi connectivity index (χ2v) is 15.9. The topological polar surface area (TPSA) is 125 Å². The summed E-state index contributed by atoms with van der Waals surface area (Å²) in [6.45, 7) is 12.8. The molecular weight excluding hydrogens is 738 g/mol. The number of anilines is 3. The van der Waals surface area contributed by atoms with E-state index in [9.17, 15) is 24.3 Å². The molecule has 9 nitrogen and oxygen atoms in total. The van der Waals surface area contributed by atoms with Crippen molar-refractivity contribution >= 4 is 93.5 Å². The van der Waals surface area contributed by atoms with Gasteiger partial charge in [-0.25, -0.2) is 18.4 Å². The van der Waals surface area contributed by atoms with Crippen LogP contribution in [0.25, 0.3) is 6.08 Å². The SMILES string of the molecule is C=Cc1cc(Cl)cc(C2C(C(=O)Nc3ccc(Cl)c(C(=O)Nc4c(C(C)(C)C)cc(F)c(N(C(=O)O)C(=O)OC(C)(C)C)c4F)c3)C2(Cl)Cl)c1. The molecule has 4 amide bonds. The van der Waals surface area contributed by atoms with Gasteiger partial charge in [-0.05, 0) is 79.3 Å². The van der Waals surface area contributed by atoms with Crippen LogP contribution in [0.5, 0.6) is 0 Å². The van der Waals surface area contributed by atoms with E-state index in [0.717, 1.165) is 6.07 Å². The molecule has 1 fully saturated rings. The molecule has 2 atom stereocenters. The molecule has 0 aromatic heterocycles. The number of halogens is 6. The predicted molar refractivity (Wildman–Crippen MR) is 192 cm³/mol. The molecular formula is C35H33Cl4F2N3O6. The highest BCUT2D eigenvalue weighted by molar-refractivity contribution is 6.53. The second kappa shape index (κ2) is 14.0. The van der Waals surface area contributed by atoms with Gasteiger partial charge in [0.05, 0.1) is 22.2 Å². The molecule has 0 saturated heterocycles. The van der Waals surface area contributed by atoms with E-state index in [-0.39, 0.29) is 26.7 Å². The van der Waals surface area contributed by atoms with Gasteiger partial charge in [0, 0.05) is 16.6 Å². The number of rotatable bonds is 7. The lowest BCUT2D eigenvalue weighted by atomic mass is 9.85. The summed E-state index contributed by atoms with van der Waals surface area (Å²) < 4.78 is 35.4. The van der Waals surface area contributed by atoms with E-state index >= 15 is 8.78 Å². The van der Waals surface area contributed by atoms with Gasteiger partial charge in [-0.2, -0.15) is 4.90 Å². The fraction of sp³-hybridized carbons (Fsp3) is 0.314. The molecule has 3 N–H and O–H groups in total. The molecule has 4 rings (SSSR count). The van der Waals surface area contributed by atoms with Crippen LogP contribution < -0.4 is 15.5 Å². The molecule has 50 heavy (non-hydrogen) atoms. The Labute approximate surface area is 307 Å². The Hall–Kier alpha value is -3.90. The average molecular weight is 771 g/mol. The third kappa shape index (κ3) is 8.18. The number of amides is 4. The summed E-state index contributed by atoms with van der Waals surface area (Å²) >= 11 is 25.6. The molecule has 3 aromatic carbocycles. The Morgan fingerprint density at radius 1 is 0.980 bits per heavy atom. The number of ether oxygens (including phenoxy) is 1. The summed E-state index contributed by atoms with van der Waals surface area (Å²) in [6.07, 6.45) is -2.01. The standard InChI is InChI=1S/C35H33Cl4F2N3O6/c1-8-16-11-17(13-18(36)12-16)24-25(35(24,38)39)30(46)42-19-9-10-22(37)20(14-19)29(45)43-27-21(33(2,3)4)15-23(40)28(26(27)41)44(31(47)48)32(49)50-34(5,6)7/h8-15,24-25H,1H2,2-7H3,(H,42,46)(H,43,45)(H,47,48). The average Bonchev–Trinajstić information content (AvgIpc) is 3.56. The van der Waals surface area contributed by atoms with Crippen LogP contribution in [0.4, 0.5) is 35.4 Å². The number of benzene rings is 3. The summed E-state index contributed by atoms with van der Waals surface area (Å²) in [6, 6.07) is 9.85. The van der Waals surface area contributed by atoms with Crippen LogP contribution in [0.2, 0.25) is 10.0 Å². The first kappa shape index (κ1) is 38.9. The Morgan fingerprint density at radius 3 is 2.18 bits per heavy atom. The van der Waals surface area contributed by atoms with Gasteiger partial charge in [0.2, 0.25) is 5.91 Å². The van der Waals surface area contributed by atoms with Gasteiger partial charge in [0.1, 0.15) is 15.6 Å². The summed E-state index contributed by atoms with van der Waals surface area (Å²) in [5, 5.41) is 15.1. The lowest BCUT2D eigenvalue weighted by molar-refractivity contribution is -0.117. The monoisotopic (exact) mass is 769 g/mol. The summed E-state index contributed by atoms with van der Waals surface area (Å²) in [5.74, 6) is -6.05. The van der Waals surface area contributed by atoms with Gasteiger partial charge in [-0.15, -0.1) is 23.2 Å². The molecule has 15 heteroatoms. The molecule has 266 valence electrons. The van der Waals surface area contributed by atoms with Crippen molar-refractivity contribution in [2.45, 2.75) is 62.8 Å². The number of carbonyl (C=O) groups is 4. The van der Waals surface area contributed by atoms with E-state index in [2.05, 4.69) is 17.2 Å². The zero-order chi connectivity index (χ0) is 37.7. The number of carbonyl (C=O) groups excluding carboxylic acids is 3. The predicted octanol–water partition coefficient (Wildman–Crippen LogP) is 10.4. The smallest absolute Gasteiger partial charge is 0.424 e. The van der Waals surface area contributed by atoms with Crippen molar-refractivity contribution in [2.75, 3.05) is 15.5 Å². The van der Waals surface area contributed by atoms with Crippen LogP contribution in [-0.4, -0.2) is 39.0 Å². The highest BCUT2D eigenvalue weighted by atomic mass is 35.5. The van der Waals surface area contributed by atoms with E-state index in [1.807, 2.05) is 0 Å². The third-order valence-corrected chi connectivity index (χ3v) is 9.07. The molecule has 0 spiro atoms. The highest BCUT2D eigenvalue weighted by Crippen LogP contribution is 2.65. The number of alkyl halides is 2. The maximum atomic E-state index is 16.3. The van der Waals surface area contributed by atoms with E-state index < -0.39 is 74.2 Å². The van der Waals surface area contributed by atoms with Crippen LogP contribution in [0.15, 0.2) is 49.0 Å². The third-order valence-electron chi connectivity index (χ3n) is 7.58. The number of hydrogen-bond acceptors (Lipinski definition) is 5. The molecule has 0 heterocycles. The fourth-order valence-electron chi connectivity index (χ4n) is 5.28. The van der Waals surface area contributed by atoms with Crippen molar-refractivity contribution in [2.24, 2.45) is 5.92 Å². The van der Waals surface area contributed by atoms with Crippen LogP contribution in [-0.2, 0) is 14.9 Å². The van der Waals surface area contributed by atoms with Gasteiger partial charge < -0.3 is 20.5 Å². The van der Waals surface area contributed by atoms with E-state index in [1.54, 1.807) is 45.0 Å². The van der Waals surface area contributed by atoms with Crippen molar-refractivity contribution in [1.82, 2.24) is 0 Å². The van der Waals surface area contributed by atoms with Gasteiger partial charge in [-0.3, -0.25) is 9.59 Å². The molecule has 0 bridgehead atoms. The summed E-state index contributed by atoms with van der Waals surface area (Å²) in [4.78, 5) is 51.7. The van der Waals surface area contributed by atoms with Crippen molar-refractivity contribution < 1.29 is 37.8 Å². The van der Waals surface area contributed by atoms with Gasteiger partial charge in [-0.1, -0.05) is 62.7 Å². The number of nitrogens with zero attached hydrogens (tertiary/aromatic N) is 1. The first-order chi connectivity index (χ1) is 23.0. The van der Waals surface area contributed by atoms with Crippen LogP contribution in [0.3, 0.4) is 0 Å². The number of imide groups is 1. The maximum absolute atomic E-state index is 16.3. The van der Waals surface area contributed by atoms with Crippen LogP contribution >= 0.6 is 46.4 Å². The van der Waals surface area contributed by atoms with Crippen molar-refractivity contribution in [3.8, 4) is 0 Å². The molecule has 1 saturated carbocycles. The van der Waals surface area contributed by atoms with Crippen molar-refractivity contribution in [3.63, 3.8) is 0 Å². The van der Waals surface area contributed by atoms with Crippen LogP contribution in [0, 0.1) is 17.6 Å². The molecule has 1 aliphatic carbocycles. The highest BCUT2D eigenvalue weighted by Gasteiger charge is 2.67. The molecule has 0 radical (unpaired) electrons. The lowest BCUT2D eigenvalue weighted by Gasteiger charge is -2.28. The minimum absolute atomic E-state index is 0.0688. The van der Waals surface area contributed by atoms with E-state index in [0.29, 0.717) is 16.1 Å². The minimum Gasteiger partial charge on any atom is -0.464 e. The van der Waals surface area contributed by atoms with Crippen molar-refractivity contribution in [3.05, 3.63) is 93.0 Å². The molecule has 2 unspecified atom stereocenters. The Morgan fingerprint density at radius 2 is 1.62 bits per heavy atom. The number of hydrogen-bond donors (Lipinski definition) is 3. The van der Waals surface area contributed by atoms with Gasteiger partial charge in [0.25, 0.3) is 5.91 Å². The minimum atomic E-state index is -2.03. The van der Waals surface area contributed by atoms with Crippen LogP contribution in [0.1, 0.15) is 74.5 Å². The number of carboxylic acid groups (broad SMARTS) is 1. The number of nitrogens with one attached hydrogen (secondary N) is 2. The normalized spacial score (nSPS) is 16.6. The fourth-order valence-corrected chi connectivity index (χ4v) is 6.56. The first-order valence-corrected chi connectivity index (χ1v) is 16.5. The van der Waals surface area contributed by atoms with Crippen molar-refractivity contribution in [1.29, 1.82) is 0 Å². The zero-order valence-corrected chi connectivity index (χ0v) is 30.7. The van der Waals surface area contributed by atoms with Gasteiger partial charge >= 0.3 is 12.2 Å². The molecule has 3 aromatic rings. The maximum Gasteiger partial charge on any atom is 0.424 e. The Bertz CT molecular complexity index is 1920. The first-order valence-electron chi connectivity index (χ1n) is 15.0. The lowest BCUT2D eigenvalue weighted by Crippen LogP contribution is -2.41. The largest absolute Gasteiger partial charge is 0.464 e. The Balaban J connectivity index is 1.68. The Kier molecular flexibility index (Phi) is 10.9. The zero-order valence-electron chi connectivity index (χ0n) is 27.7.